The van der Waals surface area contributed by atoms with Gasteiger partial charge < -0.3 is 15.1 Å². The minimum atomic E-state index is -0.247. The second-order valence-electron chi connectivity index (χ2n) is 7.09. The van der Waals surface area contributed by atoms with Gasteiger partial charge in [0.1, 0.15) is 0 Å². The number of aliphatic hydroxyl groups is 2. The van der Waals surface area contributed by atoms with Gasteiger partial charge in [-0.05, 0) is 38.8 Å². The zero-order valence-electron chi connectivity index (χ0n) is 13.7. The highest BCUT2D eigenvalue weighted by Crippen LogP contribution is 2.16. The minimum Gasteiger partial charge on any atom is -0.392 e. The van der Waals surface area contributed by atoms with E-state index in [0.717, 1.165) is 64.8 Å². The largest absolute Gasteiger partial charge is 0.392 e. The van der Waals surface area contributed by atoms with Crippen molar-refractivity contribution < 1.29 is 10.2 Å². The molecule has 0 aromatic rings. The van der Waals surface area contributed by atoms with Gasteiger partial charge in [0.25, 0.3) is 0 Å². The summed E-state index contributed by atoms with van der Waals surface area (Å²) < 4.78 is 0. The highest BCUT2D eigenvalue weighted by atomic mass is 16.3. The number of aliphatic hydroxyl groups excluding tert-OH is 2. The summed E-state index contributed by atoms with van der Waals surface area (Å²) in [7, 11) is 0. The Balaban J connectivity index is 1.61. The Morgan fingerprint density at radius 3 is 1.71 bits per heavy atom. The van der Waals surface area contributed by atoms with E-state index in [1.165, 1.54) is 12.8 Å². The summed E-state index contributed by atoms with van der Waals surface area (Å²) in [5.74, 6) is 0.848. The molecule has 0 aliphatic carbocycles. The maximum atomic E-state index is 10.3. The number of β-amino-alcohol motifs (C(OH)–C–C–N with tert-alkyl or cyclic N) is 2. The van der Waals surface area contributed by atoms with Gasteiger partial charge in [0.15, 0.2) is 0 Å². The molecule has 0 aromatic heterocycles. The predicted octanol–water partition coefficient (Wildman–Crippen LogP) is 0.0776. The zero-order chi connectivity index (χ0) is 15.2. The van der Waals surface area contributed by atoms with Crippen molar-refractivity contribution >= 4 is 0 Å². The van der Waals surface area contributed by atoms with E-state index in [9.17, 15) is 10.2 Å². The molecule has 0 saturated carbocycles. The molecular weight excluding hydrogens is 266 g/mol. The standard InChI is InChI=1S/C16H33N3O2/c1-14-3-5-17(6-4-14)12-16(21)13-19-9-7-18(8-10-19)11-15(2)20/h14-16,20-21H,3-13H2,1-2H3/t15-,16+/m0/s1. The van der Waals surface area contributed by atoms with Gasteiger partial charge in [-0.25, -0.2) is 0 Å². The molecule has 2 atom stereocenters. The fraction of sp³-hybridized carbons (Fsp3) is 1.00. The second kappa shape index (κ2) is 8.44. The van der Waals surface area contributed by atoms with E-state index in [4.69, 9.17) is 0 Å². The fourth-order valence-electron chi connectivity index (χ4n) is 3.43. The molecule has 2 aliphatic rings. The molecule has 0 spiro atoms. The lowest BCUT2D eigenvalue weighted by Gasteiger charge is -2.37. The van der Waals surface area contributed by atoms with Gasteiger partial charge in [0, 0.05) is 45.8 Å². The molecule has 0 bridgehead atoms. The Morgan fingerprint density at radius 2 is 1.24 bits per heavy atom. The third-order valence-corrected chi connectivity index (χ3v) is 4.80. The molecule has 21 heavy (non-hydrogen) atoms. The van der Waals surface area contributed by atoms with E-state index in [1.54, 1.807) is 0 Å². The number of rotatable bonds is 6. The van der Waals surface area contributed by atoms with Crippen LogP contribution in [-0.2, 0) is 0 Å². The summed E-state index contributed by atoms with van der Waals surface area (Å²) >= 11 is 0. The highest BCUT2D eigenvalue weighted by molar-refractivity contribution is 4.78. The number of hydrogen-bond acceptors (Lipinski definition) is 5. The molecular formula is C16H33N3O2. The fourth-order valence-corrected chi connectivity index (χ4v) is 3.43. The Bertz CT molecular complexity index is 285. The van der Waals surface area contributed by atoms with Crippen LogP contribution >= 0.6 is 0 Å². The van der Waals surface area contributed by atoms with E-state index >= 15 is 0 Å². The maximum Gasteiger partial charge on any atom is 0.0793 e. The summed E-state index contributed by atoms with van der Waals surface area (Å²) in [6, 6.07) is 0. The topological polar surface area (TPSA) is 50.2 Å². The van der Waals surface area contributed by atoms with Gasteiger partial charge in [-0.1, -0.05) is 6.92 Å². The van der Waals surface area contributed by atoms with Crippen molar-refractivity contribution in [1.82, 2.24) is 14.7 Å². The maximum absolute atomic E-state index is 10.3. The molecule has 2 fully saturated rings. The predicted molar refractivity (Wildman–Crippen MR) is 85.4 cm³/mol. The van der Waals surface area contributed by atoms with E-state index < -0.39 is 0 Å². The number of piperidine rings is 1. The lowest BCUT2D eigenvalue weighted by molar-refractivity contribution is 0.0337. The molecule has 124 valence electrons. The zero-order valence-corrected chi connectivity index (χ0v) is 13.7. The van der Waals surface area contributed by atoms with Crippen LogP contribution in [0, 0.1) is 5.92 Å². The van der Waals surface area contributed by atoms with Crippen LogP contribution in [0.2, 0.25) is 0 Å². The van der Waals surface area contributed by atoms with Gasteiger partial charge in [-0.15, -0.1) is 0 Å². The van der Waals surface area contributed by atoms with E-state index in [0.29, 0.717) is 0 Å². The first-order chi connectivity index (χ1) is 10.0. The minimum absolute atomic E-state index is 0.235. The molecule has 5 heteroatoms. The van der Waals surface area contributed by atoms with Crippen LogP contribution in [0.25, 0.3) is 0 Å². The van der Waals surface area contributed by atoms with E-state index in [-0.39, 0.29) is 12.2 Å². The highest BCUT2D eigenvalue weighted by Gasteiger charge is 2.22. The van der Waals surface area contributed by atoms with E-state index in [1.807, 2.05) is 6.92 Å². The summed E-state index contributed by atoms with van der Waals surface area (Å²) in [6.45, 7) is 12.8. The SMILES string of the molecule is CC1CCN(C[C@@H](O)CN2CCN(C[C@H](C)O)CC2)CC1. The molecule has 2 heterocycles. The Hall–Kier alpha value is -0.200. The first kappa shape index (κ1) is 17.2. The van der Waals surface area contributed by atoms with Crippen molar-refractivity contribution in [2.75, 3.05) is 58.9 Å². The number of likely N-dealkylation sites (tertiary alicyclic amines) is 1. The van der Waals surface area contributed by atoms with Gasteiger partial charge in [0.2, 0.25) is 0 Å². The summed E-state index contributed by atoms with van der Waals surface area (Å²) in [4.78, 5) is 7.07. The van der Waals surface area contributed by atoms with Crippen molar-refractivity contribution in [2.45, 2.75) is 38.9 Å². The molecule has 2 rings (SSSR count). The van der Waals surface area contributed by atoms with Gasteiger partial charge in [0.05, 0.1) is 12.2 Å². The van der Waals surface area contributed by atoms with E-state index in [2.05, 4.69) is 21.6 Å². The molecule has 0 unspecified atom stereocenters. The van der Waals surface area contributed by atoms with Crippen molar-refractivity contribution in [3.05, 3.63) is 0 Å². The van der Waals surface area contributed by atoms with Crippen LogP contribution in [0.5, 0.6) is 0 Å². The number of piperazine rings is 1. The first-order valence-electron chi connectivity index (χ1n) is 8.56. The molecule has 0 amide bonds. The van der Waals surface area contributed by atoms with Gasteiger partial charge in [-0.3, -0.25) is 9.80 Å². The molecule has 0 aromatic carbocycles. The summed E-state index contributed by atoms with van der Waals surface area (Å²) in [5, 5.41) is 19.7. The van der Waals surface area contributed by atoms with Crippen LogP contribution in [0.15, 0.2) is 0 Å². The van der Waals surface area contributed by atoms with Gasteiger partial charge >= 0.3 is 0 Å². The molecule has 5 nitrogen and oxygen atoms in total. The summed E-state index contributed by atoms with van der Waals surface area (Å²) in [5.41, 5.74) is 0. The Morgan fingerprint density at radius 1 is 0.810 bits per heavy atom. The normalized spacial score (nSPS) is 26.9. The van der Waals surface area contributed by atoms with Crippen LogP contribution in [0.4, 0.5) is 0 Å². The Labute approximate surface area is 129 Å². The van der Waals surface area contributed by atoms with Crippen molar-refractivity contribution in [3.8, 4) is 0 Å². The number of hydrogen-bond donors (Lipinski definition) is 2. The van der Waals surface area contributed by atoms with Crippen molar-refractivity contribution in [2.24, 2.45) is 5.92 Å². The molecule has 2 aliphatic heterocycles. The monoisotopic (exact) mass is 299 g/mol. The molecule has 0 radical (unpaired) electrons. The lowest BCUT2D eigenvalue weighted by Crippen LogP contribution is -2.51. The van der Waals surface area contributed by atoms with Crippen LogP contribution < -0.4 is 0 Å². The Kier molecular flexibility index (Phi) is 6.89. The quantitative estimate of drug-likeness (QED) is 0.727. The van der Waals surface area contributed by atoms with Crippen molar-refractivity contribution in [1.29, 1.82) is 0 Å². The third-order valence-electron chi connectivity index (χ3n) is 4.80. The lowest BCUT2D eigenvalue weighted by atomic mass is 9.99. The number of nitrogens with zero attached hydrogens (tertiary/aromatic N) is 3. The van der Waals surface area contributed by atoms with Crippen LogP contribution in [0.3, 0.4) is 0 Å². The average molecular weight is 299 g/mol. The molecule has 2 N–H and O–H groups in total. The summed E-state index contributed by atoms with van der Waals surface area (Å²) in [6.07, 6.45) is 2.06. The van der Waals surface area contributed by atoms with Crippen molar-refractivity contribution in [3.63, 3.8) is 0 Å². The first-order valence-corrected chi connectivity index (χ1v) is 8.56. The average Bonchev–Trinajstić information content (AvgIpc) is 2.43. The third kappa shape index (κ3) is 6.20. The van der Waals surface area contributed by atoms with Crippen LogP contribution in [0.1, 0.15) is 26.7 Å². The van der Waals surface area contributed by atoms with Gasteiger partial charge in [-0.2, -0.15) is 0 Å². The van der Waals surface area contributed by atoms with Crippen LogP contribution in [-0.4, -0.2) is 96.0 Å². The molecule has 2 saturated heterocycles. The smallest absolute Gasteiger partial charge is 0.0793 e. The second-order valence-corrected chi connectivity index (χ2v) is 7.09.